The fraction of sp³-hybridized carbons (Fsp3) is 0.636. The Bertz CT molecular complexity index is 320. The molecule has 5 heteroatoms. The summed E-state index contributed by atoms with van der Waals surface area (Å²) in [6, 6.07) is 0. The molecule has 0 unspecified atom stereocenters. The normalized spacial score (nSPS) is 10.4. The Balaban J connectivity index is 2.62. The molecular formula is C11H18BrN3S. The second kappa shape index (κ2) is 7.90. The molecule has 0 spiro atoms. The molecule has 1 rings (SSSR count). The van der Waals surface area contributed by atoms with Crippen LogP contribution in [0.3, 0.4) is 0 Å². The Morgan fingerprint density at radius 2 is 2.12 bits per heavy atom. The van der Waals surface area contributed by atoms with E-state index in [0.717, 1.165) is 34.0 Å². The number of unbranched alkanes of at least 4 members (excludes halogenated alkanes) is 1. The van der Waals surface area contributed by atoms with E-state index >= 15 is 0 Å². The molecule has 0 radical (unpaired) electrons. The molecule has 0 saturated heterocycles. The van der Waals surface area contributed by atoms with E-state index in [-0.39, 0.29) is 0 Å². The van der Waals surface area contributed by atoms with Crippen molar-refractivity contribution in [1.82, 2.24) is 9.97 Å². The van der Waals surface area contributed by atoms with Crippen LogP contribution in [0.4, 0.5) is 5.82 Å². The summed E-state index contributed by atoms with van der Waals surface area (Å²) in [6.45, 7) is 5.28. The first-order valence-corrected chi connectivity index (χ1v) is 7.44. The largest absolute Gasteiger partial charge is 0.369 e. The number of nitrogens with zero attached hydrogens (tertiary/aromatic N) is 2. The highest BCUT2D eigenvalue weighted by atomic mass is 79.9. The van der Waals surface area contributed by atoms with Crippen LogP contribution < -0.4 is 5.32 Å². The van der Waals surface area contributed by atoms with Crippen molar-refractivity contribution >= 4 is 33.5 Å². The van der Waals surface area contributed by atoms with Gasteiger partial charge >= 0.3 is 0 Å². The maximum atomic E-state index is 4.28. The molecule has 0 saturated carbocycles. The van der Waals surface area contributed by atoms with Gasteiger partial charge in [-0.1, -0.05) is 20.3 Å². The summed E-state index contributed by atoms with van der Waals surface area (Å²) in [7, 11) is 0. The molecule has 16 heavy (non-hydrogen) atoms. The Labute approximate surface area is 110 Å². The zero-order chi connectivity index (χ0) is 11.8. The SMILES string of the molecule is CCCCSc1ncnc(NCCC)c1Br. The van der Waals surface area contributed by atoms with Gasteiger partial charge in [-0.25, -0.2) is 9.97 Å². The Morgan fingerprint density at radius 3 is 2.81 bits per heavy atom. The summed E-state index contributed by atoms with van der Waals surface area (Å²) in [4.78, 5) is 8.51. The fourth-order valence-corrected chi connectivity index (χ4v) is 2.79. The van der Waals surface area contributed by atoms with E-state index in [9.17, 15) is 0 Å². The van der Waals surface area contributed by atoms with Crippen molar-refractivity contribution < 1.29 is 0 Å². The zero-order valence-electron chi connectivity index (χ0n) is 9.79. The highest BCUT2D eigenvalue weighted by Gasteiger charge is 2.07. The summed E-state index contributed by atoms with van der Waals surface area (Å²) < 4.78 is 0.990. The molecule has 0 aliphatic rings. The van der Waals surface area contributed by atoms with Crippen molar-refractivity contribution in [1.29, 1.82) is 0 Å². The van der Waals surface area contributed by atoms with E-state index in [0.29, 0.717) is 0 Å². The Kier molecular flexibility index (Phi) is 6.80. The minimum absolute atomic E-state index is 0.899. The van der Waals surface area contributed by atoms with Gasteiger partial charge in [0.25, 0.3) is 0 Å². The number of hydrogen-bond acceptors (Lipinski definition) is 4. The first kappa shape index (κ1) is 13.8. The highest BCUT2D eigenvalue weighted by molar-refractivity contribution is 9.10. The zero-order valence-corrected chi connectivity index (χ0v) is 12.2. The number of halogens is 1. The predicted molar refractivity (Wildman–Crippen MR) is 74.1 cm³/mol. The lowest BCUT2D eigenvalue weighted by atomic mass is 10.4. The summed E-state index contributed by atoms with van der Waals surface area (Å²) in [5.74, 6) is 2.01. The van der Waals surface area contributed by atoms with Crippen molar-refractivity contribution in [3.8, 4) is 0 Å². The van der Waals surface area contributed by atoms with E-state index in [1.807, 2.05) is 0 Å². The molecule has 1 heterocycles. The van der Waals surface area contributed by atoms with Gasteiger partial charge in [0, 0.05) is 6.54 Å². The van der Waals surface area contributed by atoms with Gasteiger partial charge in [-0.2, -0.15) is 0 Å². The van der Waals surface area contributed by atoms with Gasteiger partial charge in [0.15, 0.2) is 0 Å². The van der Waals surface area contributed by atoms with Gasteiger partial charge in [0.2, 0.25) is 0 Å². The Hall–Kier alpha value is -0.290. The van der Waals surface area contributed by atoms with Gasteiger partial charge in [0.05, 0.1) is 4.47 Å². The number of hydrogen-bond donors (Lipinski definition) is 1. The lowest BCUT2D eigenvalue weighted by Crippen LogP contribution is -2.03. The van der Waals surface area contributed by atoms with Crippen LogP contribution in [0.15, 0.2) is 15.8 Å². The number of anilines is 1. The molecule has 3 nitrogen and oxygen atoms in total. The van der Waals surface area contributed by atoms with Gasteiger partial charge in [-0.05, 0) is 34.5 Å². The van der Waals surface area contributed by atoms with Gasteiger partial charge in [-0.3, -0.25) is 0 Å². The topological polar surface area (TPSA) is 37.8 Å². The van der Waals surface area contributed by atoms with Crippen LogP contribution in [0.25, 0.3) is 0 Å². The molecule has 0 atom stereocenters. The Morgan fingerprint density at radius 1 is 1.31 bits per heavy atom. The smallest absolute Gasteiger partial charge is 0.144 e. The number of aromatic nitrogens is 2. The van der Waals surface area contributed by atoms with Crippen LogP contribution in [0.5, 0.6) is 0 Å². The fourth-order valence-electron chi connectivity index (χ4n) is 1.13. The van der Waals surface area contributed by atoms with Crippen LogP contribution in [-0.4, -0.2) is 22.3 Å². The van der Waals surface area contributed by atoms with Crippen molar-refractivity contribution in [3.63, 3.8) is 0 Å². The van der Waals surface area contributed by atoms with Crippen molar-refractivity contribution in [2.24, 2.45) is 0 Å². The maximum absolute atomic E-state index is 4.28. The lowest BCUT2D eigenvalue weighted by molar-refractivity contribution is 0.892. The van der Waals surface area contributed by atoms with E-state index in [4.69, 9.17) is 0 Å². The van der Waals surface area contributed by atoms with Gasteiger partial charge in [-0.15, -0.1) is 11.8 Å². The molecule has 0 amide bonds. The molecule has 0 aliphatic carbocycles. The van der Waals surface area contributed by atoms with Gasteiger partial charge in [0.1, 0.15) is 17.2 Å². The number of thioether (sulfide) groups is 1. The quantitative estimate of drug-likeness (QED) is 0.470. The summed E-state index contributed by atoms with van der Waals surface area (Å²) in [6.07, 6.45) is 5.15. The van der Waals surface area contributed by atoms with E-state index in [2.05, 4.69) is 45.1 Å². The van der Waals surface area contributed by atoms with Crippen LogP contribution in [-0.2, 0) is 0 Å². The number of rotatable bonds is 7. The minimum atomic E-state index is 0.899. The first-order chi connectivity index (χ1) is 7.79. The minimum Gasteiger partial charge on any atom is -0.369 e. The summed E-state index contributed by atoms with van der Waals surface area (Å²) >= 11 is 5.34. The second-order valence-electron chi connectivity index (χ2n) is 3.47. The van der Waals surface area contributed by atoms with Gasteiger partial charge < -0.3 is 5.32 Å². The molecule has 1 aromatic rings. The van der Waals surface area contributed by atoms with Crippen LogP contribution in [0.1, 0.15) is 33.1 Å². The van der Waals surface area contributed by atoms with E-state index < -0.39 is 0 Å². The molecule has 0 bridgehead atoms. The third-order valence-electron chi connectivity index (χ3n) is 2.04. The molecule has 0 aliphatic heterocycles. The third kappa shape index (κ3) is 4.29. The maximum Gasteiger partial charge on any atom is 0.144 e. The van der Waals surface area contributed by atoms with Crippen LogP contribution >= 0.6 is 27.7 Å². The van der Waals surface area contributed by atoms with Crippen molar-refractivity contribution in [3.05, 3.63) is 10.8 Å². The first-order valence-electron chi connectivity index (χ1n) is 5.66. The summed E-state index contributed by atoms with van der Waals surface area (Å²) in [5, 5.41) is 4.31. The standard InChI is InChI=1S/C11H18BrN3S/c1-3-5-7-16-11-9(12)10(13-6-4-2)14-8-15-11/h8H,3-7H2,1-2H3,(H,13,14,15). The molecular weight excluding hydrogens is 286 g/mol. The lowest BCUT2D eigenvalue weighted by Gasteiger charge is -2.08. The molecule has 90 valence electrons. The second-order valence-corrected chi connectivity index (χ2v) is 5.35. The monoisotopic (exact) mass is 303 g/mol. The van der Waals surface area contributed by atoms with E-state index in [1.54, 1.807) is 18.1 Å². The van der Waals surface area contributed by atoms with Crippen LogP contribution in [0.2, 0.25) is 0 Å². The molecule has 0 fully saturated rings. The van der Waals surface area contributed by atoms with Crippen LogP contribution in [0, 0.1) is 0 Å². The molecule has 0 aromatic carbocycles. The average Bonchev–Trinajstić information content (AvgIpc) is 2.30. The van der Waals surface area contributed by atoms with E-state index in [1.165, 1.54) is 12.8 Å². The molecule has 1 aromatic heterocycles. The van der Waals surface area contributed by atoms with Crippen molar-refractivity contribution in [2.45, 2.75) is 38.1 Å². The third-order valence-corrected chi connectivity index (χ3v) is 4.13. The summed E-state index contributed by atoms with van der Waals surface area (Å²) in [5.41, 5.74) is 0. The predicted octanol–water partition coefficient (Wildman–Crippen LogP) is 3.95. The van der Waals surface area contributed by atoms with Crippen molar-refractivity contribution in [2.75, 3.05) is 17.6 Å². The number of nitrogens with one attached hydrogen (secondary N) is 1. The average molecular weight is 304 g/mol. The highest BCUT2D eigenvalue weighted by Crippen LogP contribution is 2.30. The molecule has 1 N–H and O–H groups in total.